The van der Waals surface area contributed by atoms with Gasteiger partial charge >= 0.3 is 10.1 Å². The van der Waals surface area contributed by atoms with Crippen molar-refractivity contribution < 1.29 is 36.5 Å². The van der Waals surface area contributed by atoms with Gasteiger partial charge in [-0.1, -0.05) is 26.7 Å². The summed E-state index contributed by atoms with van der Waals surface area (Å²) >= 11 is -1.25. The largest absolute Gasteiger partial charge is 0.593 e. The number of unbranched alkanes of at least 4 members (excludes halogenated alkanes) is 2. The van der Waals surface area contributed by atoms with Gasteiger partial charge in [-0.25, -0.2) is 0 Å². The van der Waals surface area contributed by atoms with Gasteiger partial charge < -0.3 is 33.4 Å². The highest BCUT2D eigenvalue weighted by Gasteiger charge is 2.36. The first-order valence-electron chi connectivity index (χ1n) is 15.0. The summed E-state index contributed by atoms with van der Waals surface area (Å²) in [6.45, 7) is 7.02. The molecule has 1 heterocycles. The normalized spacial score (nSPS) is 15.3. The van der Waals surface area contributed by atoms with E-state index in [1.807, 2.05) is 28.6 Å². The highest BCUT2D eigenvalue weighted by Crippen LogP contribution is 2.25. The van der Waals surface area contributed by atoms with Crippen molar-refractivity contribution >= 4 is 21.5 Å². The number of hydrogen-bond acceptors (Lipinski definition) is 10. The van der Waals surface area contributed by atoms with Crippen molar-refractivity contribution in [1.29, 1.82) is 0 Å². The van der Waals surface area contributed by atoms with E-state index in [0.717, 1.165) is 36.3 Å². The Hall–Kier alpha value is -3.00. The topological polar surface area (TPSA) is 130 Å². The van der Waals surface area contributed by atoms with E-state index in [1.165, 1.54) is 24.3 Å². The van der Waals surface area contributed by atoms with Crippen molar-refractivity contribution in [3.8, 4) is 23.0 Å². The van der Waals surface area contributed by atoms with Crippen molar-refractivity contribution in [2.45, 2.75) is 61.5 Å². The van der Waals surface area contributed by atoms with Gasteiger partial charge in [-0.15, -0.1) is 4.31 Å². The molecule has 10 nitrogen and oxygen atoms in total. The first kappa shape index (κ1) is 33.9. The number of aliphatic hydroxyl groups is 1. The van der Waals surface area contributed by atoms with E-state index in [4.69, 9.17) is 18.4 Å². The Kier molecular flexibility index (Phi) is 13.0. The zero-order valence-corrected chi connectivity index (χ0v) is 26.9. The van der Waals surface area contributed by atoms with E-state index < -0.39 is 27.6 Å². The molecule has 44 heavy (non-hydrogen) atoms. The van der Waals surface area contributed by atoms with Crippen LogP contribution >= 0.6 is 0 Å². The third-order valence-electron chi connectivity index (χ3n) is 6.87. The third-order valence-corrected chi connectivity index (χ3v) is 9.57. The fraction of sp³-hybridized carbons (Fsp3) is 0.438. The summed E-state index contributed by atoms with van der Waals surface area (Å²) in [5.74, 6) is 2.00. The summed E-state index contributed by atoms with van der Waals surface area (Å²) in [4.78, 5) is 0.759. The summed E-state index contributed by atoms with van der Waals surface area (Å²) in [5.41, 5.74) is 0. The first-order chi connectivity index (χ1) is 21.3. The number of nitrogens with zero attached hydrogens (tertiary/aromatic N) is 1. The van der Waals surface area contributed by atoms with Crippen LogP contribution in [0.4, 0.5) is 0 Å². The minimum Gasteiger partial charge on any atom is -0.593 e. The summed E-state index contributed by atoms with van der Waals surface area (Å²) in [5, 5.41) is 13.6. The van der Waals surface area contributed by atoms with E-state index >= 15 is 0 Å². The Morgan fingerprint density at radius 3 is 1.91 bits per heavy atom. The molecule has 12 heteroatoms. The molecule has 3 aromatic rings. The summed E-state index contributed by atoms with van der Waals surface area (Å²) in [6, 6.07) is 19.8. The number of benzene rings is 3. The lowest BCUT2D eigenvalue weighted by atomic mass is 10.2. The molecule has 0 spiro atoms. The van der Waals surface area contributed by atoms with Gasteiger partial charge in [0.05, 0.1) is 37.7 Å². The highest BCUT2D eigenvalue weighted by atomic mass is 32.2. The van der Waals surface area contributed by atoms with Gasteiger partial charge in [-0.05, 0) is 85.6 Å². The molecule has 4 rings (SSSR count). The Morgan fingerprint density at radius 2 is 1.34 bits per heavy atom. The lowest BCUT2D eigenvalue weighted by Crippen LogP contribution is -2.60. The van der Waals surface area contributed by atoms with Crippen molar-refractivity contribution in [2.24, 2.45) is 0 Å². The second-order valence-electron chi connectivity index (χ2n) is 10.5. The van der Waals surface area contributed by atoms with Crippen LogP contribution in [0.1, 0.15) is 39.5 Å². The SMILES string of the molecule is CCCCOc1ccc([S+]([O-])N2CC(NCC(O)COc3ccc(OS(=O)(=O)c4ccc(OCCCC)cc4)cc3)C2)cc1. The highest BCUT2D eigenvalue weighted by molar-refractivity contribution is 7.89. The molecule has 0 saturated carbocycles. The number of hydrogen-bond donors (Lipinski definition) is 2. The molecule has 0 aliphatic carbocycles. The van der Waals surface area contributed by atoms with Crippen molar-refractivity contribution in [2.75, 3.05) is 39.5 Å². The Balaban J connectivity index is 1.13. The smallest absolute Gasteiger partial charge is 0.339 e. The van der Waals surface area contributed by atoms with Gasteiger partial charge in [0.2, 0.25) is 0 Å². The zero-order valence-electron chi connectivity index (χ0n) is 25.2. The molecule has 1 aliphatic rings. The van der Waals surface area contributed by atoms with Gasteiger partial charge in [0.1, 0.15) is 40.6 Å². The Morgan fingerprint density at radius 1 is 0.841 bits per heavy atom. The molecule has 1 aliphatic heterocycles. The molecule has 3 aromatic carbocycles. The van der Waals surface area contributed by atoms with Crippen LogP contribution in [0.3, 0.4) is 0 Å². The molecule has 2 N–H and O–H groups in total. The minimum absolute atomic E-state index is 0.0269. The first-order valence-corrected chi connectivity index (χ1v) is 17.5. The molecule has 2 atom stereocenters. The van der Waals surface area contributed by atoms with Crippen molar-refractivity contribution in [3.63, 3.8) is 0 Å². The van der Waals surface area contributed by atoms with E-state index in [1.54, 1.807) is 24.3 Å². The maximum atomic E-state index is 12.8. The lowest BCUT2D eigenvalue weighted by Gasteiger charge is -2.38. The van der Waals surface area contributed by atoms with Crippen LogP contribution in [-0.2, 0) is 21.5 Å². The molecule has 0 aromatic heterocycles. The molecule has 240 valence electrons. The fourth-order valence-electron chi connectivity index (χ4n) is 4.20. The van der Waals surface area contributed by atoms with Gasteiger partial charge in [0.25, 0.3) is 0 Å². The quantitative estimate of drug-likeness (QED) is 0.109. The number of ether oxygens (including phenoxy) is 3. The van der Waals surface area contributed by atoms with E-state index in [2.05, 4.69) is 19.2 Å². The standard InChI is InChI=1S/C32H42N2O8S2/c1-3-5-19-39-27-11-15-31(16-12-27)43(36)34-22-25(23-34)33-21-26(35)24-41-29-7-9-30(10-8-29)42-44(37,38)32-17-13-28(14-18-32)40-20-6-4-2/h7-18,25-26,33,35H,3-6,19-24H2,1-2H3. The predicted molar refractivity (Wildman–Crippen MR) is 169 cm³/mol. The molecule has 1 saturated heterocycles. The van der Waals surface area contributed by atoms with Crippen molar-refractivity contribution in [1.82, 2.24) is 9.62 Å². The molecular formula is C32H42N2O8S2. The fourth-order valence-corrected chi connectivity index (χ4v) is 6.42. The predicted octanol–water partition coefficient (Wildman–Crippen LogP) is 4.55. The molecular weight excluding hydrogens is 604 g/mol. The maximum absolute atomic E-state index is 12.8. The van der Waals surface area contributed by atoms with Crippen LogP contribution in [0.15, 0.2) is 82.6 Å². The summed E-state index contributed by atoms with van der Waals surface area (Å²) in [6.07, 6.45) is 3.25. The second-order valence-corrected chi connectivity index (χ2v) is 13.6. The van der Waals surface area contributed by atoms with Crippen molar-refractivity contribution in [3.05, 3.63) is 72.8 Å². The van der Waals surface area contributed by atoms with Gasteiger partial charge in [0, 0.05) is 12.6 Å². The van der Waals surface area contributed by atoms with Crippen LogP contribution in [0, 0.1) is 0 Å². The van der Waals surface area contributed by atoms with E-state index in [-0.39, 0.29) is 23.3 Å². The van der Waals surface area contributed by atoms with Crippen LogP contribution in [0.5, 0.6) is 23.0 Å². The van der Waals surface area contributed by atoms with Crippen LogP contribution in [0.2, 0.25) is 0 Å². The average Bonchev–Trinajstić information content (AvgIpc) is 3.00. The molecule has 0 amide bonds. The third kappa shape index (κ3) is 10.3. The Bertz CT molecular complexity index is 1370. The second kappa shape index (κ2) is 16.9. The zero-order chi connectivity index (χ0) is 31.4. The average molecular weight is 647 g/mol. The number of rotatable bonds is 19. The van der Waals surface area contributed by atoms with Crippen LogP contribution in [-0.4, -0.2) is 74.0 Å². The molecule has 0 bridgehead atoms. The van der Waals surface area contributed by atoms with E-state index in [0.29, 0.717) is 44.3 Å². The van der Waals surface area contributed by atoms with Gasteiger partial charge in [0.15, 0.2) is 4.90 Å². The molecule has 0 radical (unpaired) electrons. The van der Waals surface area contributed by atoms with E-state index in [9.17, 15) is 18.1 Å². The number of nitrogens with one attached hydrogen (secondary N) is 1. The molecule has 1 fully saturated rings. The Labute approximate surface area is 263 Å². The number of aliphatic hydroxyl groups excluding tert-OH is 1. The lowest BCUT2D eigenvalue weighted by molar-refractivity contribution is 0.0957. The van der Waals surface area contributed by atoms with Gasteiger partial charge in [-0.2, -0.15) is 8.42 Å². The summed E-state index contributed by atoms with van der Waals surface area (Å²) in [7, 11) is -4.01. The van der Waals surface area contributed by atoms with Crippen LogP contribution < -0.4 is 23.7 Å². The maximum Gasteiger partial charge on any atom is 0.339 e. The monoisotopic (exact) mass is 646 g/mol. The van der Waals surface area contributed by atoms with Crippen LogP contribution in [0.25, 0.3) is 0 Å². The minimum atomic E-state index is -4.01. The van der Waals surface area contributed by atoms with Gasteiger partial charge in [-0.3, -0.25) is 0 Å². The molecule has 2 unspecified atom stereocenters. The summed E-state index contributed by atoms with van der Waals surface area (Å²) < 4.78 is 62.1.